The second kappa shape index (κ2) is 6.28. The van der Waals surface area contributed by atoms with Gasteiger partial charge in [-0.2, -0.15) is 0 Å². The Morgan fingerprint density at radius 2 is 2.19 bits per heavy atom. The maximum Gasteiger partial charge on any atom is 0.225 e. The minimum Gasteiger partial charge on any atom is -0.380 e. The quantitative estimate of drug-likeness (QED) is 0.920. The molecule has 0 aromatic carbocycles. The Bertz CT molecular complexity index is 515. The first-order valence-electron chi connectivity index (χ1n) is 7.48. The molecule has 1 unspecified atom stereocenters. The summed E-state index contributed by atoms with van der Waals surface area (Å²) in [6.45, 7) is 6.60. The Kier molecular flexibility index (Phi) is 4.65. The van der Waals surface area contributed by atoms with Gasteiger partial charge in [-0.25, -0.2) is 9.97 Å². The lowest BCUT2D eigenvalue weighted by Crippen LogP contribution is -2.30. The number of aromatic nitrogens is 2. The summed E-state index contributed by atoms with van der Waals surface area (Å²) in [6.07, 6.45) is 3.80. The van der Waals surface area contributed by atoms with Gasteiger partial charge in [-0.1, -0.05) is 0 Å². The molecule has 116 valence electrons. The van der Waals surface area contributed by atoms with Gasteiger partial charge in [0.25, 0.3) is 0 Å². The third kappa shape index (κ3) is 3.43. The summed E-state index contributed by atoms with van der Waals surface area (Å²) in [6, 6.07) is 0.343. The summed E-state index contributed by atoms with van der Waals surface area (Å²) in [5, 5.41) is 3.39. The predicted molar refractivity (Wildman–Crippen MR) is 84.5 cm³/mol. The van der Waals surface area contributed by atoms with E-state index < -0.39 is 0 Å². The number of nitrogens with one attached hydrogen (secondary N) is 1. The molecule has 1 aliphatic rings. The highest BCUT2D eigenvalue weighted by molar-refractivity contribution is 5.74. The molecule has 0 saturated carbocycles. The van der Waals surface area contributed by atoms with Gasteiger partial charge in [0, 0.05) is 33.6 Å². The van der Waals surface area contributed by atoms with E-state index in [0.29, 0.717) is 12.0 Å². The molecule has 0 bridgehead atoms. The predicted octanol–water partition coefficient (Wildman–Crippen LogP) is 2.05. The van der Waals surface area contributed by atoms with Gasteiger partial charge in [-0.05, 0) is 26.7 Å². The molecule has 1 aromatic rings. The van der Waals surface area contributed by atoms with Crippen LogP contribution >= 0.6 is 0 Å². The summed E-state index contributed by atoms with van der Waals surface area (Å²) >= 11 is 0. The SMILES string of the molecule is CC(=O)N1CCCC1c1nc(N(C)C)ncc1NC(C)C. The molecule has 6 nitrogen and oxygen atoms in total. The van der Waals surface area contributed by atoms with Crippen LogP contribution in [0.25, 0.3) is 0 Å². The topological polar surface area (TPSA) is 61.4 Å². The molecule has 0 aliphatic carbocycles. The Hall–Kier alpha value is -1.85. The second-order valence-corrected chi connectivity index (χ2v) is 6.03. The molecule has 1 amide bonds. The molecular formula is C15H25N5O. The minimum atomic E-state index is 0.0467. The number of hydrogen-bond acceptors (Lipinski definition) is 5. The highest BCUT2D eigenvalue weighted by atomic mass is 16.2. The molecule has 1 saturated heterocycles. The molecule has 2 heterocycles. The Balaban J connectivity index is 2.42. The van der Waals surface area contributed by atoms with Crippen molar-refractivity contribution in [1.82, 2.24) is 14.9 Å². The first-order valence-corrected chi connectivity index (χ1v) is 7.48. The summed E-state index contributed by atoms with van der Waals surface area (Å²) in [5.74, 6) is 0.785. The van der Waals surface area contributed by atoms with Gasteiger partial charge in [0.15, 0.2) is 0 Å². The van der Waals surface area contributed by atoms with Crippen molar-refractivity contribution in [3.8, 4) is 0 Å². The summed E-state index contributed by atoms with van der Waals surface area (Å²) in [4.78, 5) is 24.7. The van der Waals surface area contributed by atoms with E-state index in [-0.39, 0.29) is 11.9 Å². The van der Waals surface area contributed by atoms with Gasteiger partial charge in [-0.15, -0.1) is 0 Å². The van der Waals surface area contributed by atoms with Crippen LogP contribution in [-0.4, -0.2) is 47.5 Å². The van der Waals surface area contributed by atoms with Crippen molar-refractivity contribution in [3.05, 3.63) is 11.9 Å². The summed E-state index contributed by atoms with van der Waals surface area (Å²) in [5.41, 5.74) is 1.85. The fraction of sp³-hybridized carbons (Fsp3) is 0.667. The van der Waals surface area contributed by atoms with Crippen LogP contribution in [0.2, 0.25) is 0 Å². The first kappa shape index (κ1) is 15.5. The molecule has 0 spiro atoms. The van der Waals surface area contributed by atoms with Crippen LogP contribution in [-0.2, 0) is 4.79 Å². The zero-order valence-electron chi connectivity index (χ0n) is 13.6. The second-order valence-electron chi connectivity index (χ2n) is 6.03. The van der Waals surface area contributed by atoms with E-state index in [1.165, 1.54) is 0 Å². The molecule has 1 fully saturated rings. The van der Waals surface area contributed by atoms with Crippen molar-refractivity contribution in [2.75, 3.05) is 30.9 Å². The number of carbonyl (C=O) groups excluding carboxylic acids is 1. The van der Waals surface area contributed by atoms with Crippen LogP contribution in [0.3, 0.4) is 0 Å². The number of anilines is 2. The maximum atomic E-state index is 11.8. The molecule has 2 rings (SSSR count). The van der Waals surface area contributed by atoms with Gasteiger partial charge >= 0.3 is 0 Å². The van der Waals surface area contributed by atoms with E-state index in [1.54, 1.807) is 6.92 Å². The third-order valence-electron chi connectivity index (χ3n) is 3.62. The number of carbonyl (C=O) groups is 1. The highest BCUT2D eigenvalue weighted by Crippen LogP contribution is 2.35. The van der Waals surface area contributed by atoms with Crippen molar-refractivity contribution in [3.63, 3.8) is 0 Å². The number of rotatable bonds is 4. The van der Waals surface area contributed by atoms with Crippen molar-refractivity contribution in [2.45, 2.75) is 45.7 Å². The average molecular weight is 291 g/mol. The van der Waals surface area contributed by atoms with Crippen LogP contribution in [0.15, 0.2) is 6.20 Å². The lowest BCUT2D eigenvalue weighted by atomic mass is 10.1. The minimum absolute atomic E-state index is 0.0467. The molecule has 1 aliphatic heterocycles. The number of nitrogens with zero attached hydrogens (tertiary/aromatic N) is 4. The zero-order valence-corrected chi connectivity index (χ0v) is 13.6. The van der Waals surface area contributed by atoms with E-state index in [2.05, 4.69) is 24.1 Å². The van der Waals surface area contributed by atoms with Gasteiger partial charge in [0.2, 0.25) is 11.9 Å². The molecule has 1 atom stereocenters. The Labute approximate surface area is 126 Å². The van der Waals surface area contributed by atoms with Crippen molar-refractivity contribution < 1.29 is 4.79 Å². The highest BCUT2D eigenvalue weighted by Gasteiger charge is 2.31. The van der Waals surface area contributed by atoms with Gasteiger partial charge < -0.3 is 15.1 Å². The summed E-state index contributed by atoms with van der Waals surface area (Å²) < 4.78 is 0. The van der Waals surface area contributed by atoms with E-state index >= 15 is 0 Å². The van der Waals surface area contributed by atoms with Crippen LogP contribution < -0.4 is 10.2 Å². The first-order chi connectivity index (χ1) is 9.90. The van der Waals surface area contributed by atoms with Gasteiger partial charge in [-0.3, -0.25) is 4.79 Å². The van der Waals surface area contributed by atoms with Crippen LogP contribution in [0.5, 0.6) is 0 Å². The van der Waals surface area contributed by atoms with Gasteiger partial charge in [0.1, 0.15) is 0 Å². The zero-order chi connectivity index (χ0) is 15.6. The smallest absolute Gasteiger partial charge is 0.225 e. The molecule has 21 heavy (non-hydrogen) atoms. The molecule has 0 radical (unpaired) electrons. The lowest BCUT2D eigenvalue weighted by Gasteiger charge is -2.26. The number of likely N-dealkylation sites (tertiary alicyclic amines) is 1. The summed E-state index contributed by atoms with van der Waals surface area (Å²) in [7, 11) is 3.85. The Morgan fingerprint density at radius 1 is 1.48 bits per heavy atom. The molecule has 1 N–H and O–H groups in total. The van der Waals surface area contributed by atoms with Crippen LogP contribution in [0, 0.1) is 0 Å². The Morgan fingerprint density at radius 3 is 2.76 bits per heavy atom. The van der Waals surface area contributed by atoms with Crippen LogP contribution in [0.4, 0.5) is 11.6 Å². The maximum absolute atomic E-state index is 11.8. The normalized spacial score (nSPS) is 18.2. The largest absolute Gasteiger partial charge is 0.380 e. The van der Waals surface area contributed by atoms with Crippen LogP contribution in [0.1, 0.15) is 45.3 Å². The van der Waals surface area contributed by atoms with E-state index in [4.69, 9.17) is 4.98 Å². The standard InChI is InChI=1S/C15H25N5O/c1-10(2)17-12-9-16-15(19(4)5)18-14(12)13-7-6-8-20(13)11(3)21/h9-10,13,17H,6-8H2,1-5H3. The molecule has 1 aromatic heterocycles. The molecule has 6 heteroatoms. The molecular weight excluding hydrogens is 266 g/mol. The van der Waals surface area contributed by atoms with Crippen molar-refractivity contribution in [2.24, 2.45) is 0 Å². The fourth-order valence-corrected chi connectivity index (χ4v) is 2.70. The van der Waals surface area contributed by atoms with Crippen molar-refractivity contribution >= 4 is 17.5 Å². The monoisotopic (exact) mass is 291 g/mol. The van der Waals surface area contributed by atoms with E-state index in [0.717, 1.165) is 30.8 Å². The number of amides is 1. The van der Waals surface area contributed by atoms with E-state index in [9.17, 15) is 4.79 Å². The van der Waals surface area contributed by atoms with E-state index in [1.807, 2.05) is 30.1 Å². The lowest BCUT2D eigenvalue weighted by molar-refractivity contribution is -0.129. The average Bonchev–Trinajstić information content (AvgIpc) is 2.87. The van der Waals surface area contributed by atoms with Gasteiger partial charge in [0.05, 0.1) is 23.6 Å². The van der Waals surface area contributed by atoms with Crippen molar-refractivity contribution in [1.29, 1.82) is 0 Å². The fourth-order valence-electron chi connectivity index (χ4n) is 2.70. The third-order valence-corrected chi connectivity index (χ3v) is 3.62. The number of hydrogen-bond donors (Lipinski definition) is 1.